The molecule has 1 unspecified atom stereocenters. The van der Waals surface area contributed by atoms with Crippen LogP contribution >= 0.6 is 11.3 Å². The van der Waals surface area contributed by atoms with Crippen LogP contribution < -0.4 is 5.32 Å². The molecule has 4 N–H and O–H groups in total. The van der Waals surface area contributed by atoms with Gasteiger partial charge in [0.2, 0.25) is 0 Å². The van der Waals surface area contributed by atoms with Gasteiger partial charge in [-0.15, -0.1) is 11.3 Å². The SMILES string of the molecule is CC(O)c1ncc(CNc2ccc3[nH]nc(C(=O)O)c3c2)s1. The van der Waals surface area contributed by atoms with Gasteiger partial charge >= 0.3 is 5.97 Å². The van der Waals surface area contributed by atoms with Crippen molar-refractivity contribution in [3.63, 3.8) is 0 Å². The Hall–Kier alpha value is -2.45. The number of aromatic amines is 1. The van der Waals surface area contributed by atoms with Crippen LogP contribution in [0.2, 0.25) is 0 Å². The van der Waals surface area contributed by atoms with Gasteiger partial charge in [0.25, 0.3) is 0 Å². The number of hydrogen-bond acceptors (Lipinski definition) is 6. The minimum atomic E-state index is -1.06. The zero-order chi connectivity index (χ0) is 15.7. The molecule has 0 saturated carbocycles. The molecule has 0 saturated heterocycles. The van der Waals surface area contributed by atoms with Gasteiger partial charge in [0.05, 0.1) is 12.1 Å². The molecule has 22 heavy (non-hydrogen) atoms. The van der Waals surface area contributed by atoms with Crippen LogP contribution in [0.25, 0.3) is 10.9 Å². The van der Waals surface area contributed by atoms with E-state index in [0.717, 1.165) is 10.6 Å². The summed E-state index contributed by atoms with van der Waals surface area (Å²) in [4.78, 5) is 16.2. The number of thiazole rings is 1. The molecule has 3 aromatic rings. The summed E-state index contributed by atoms with van der Waals surface area (Å²) in [5, 5.41) is 29.5. The Morgan fingerprint density at radius 1 is 1.50 bits per heavy atom. The lowest BCUT2D eigenvalue weighted by molar-refractivity contribution is 0.0692. The Morgan fingerprint density at radius 2 is 2.32 bits per heavy atom. The average Bonchev–Trinajstić information content (AvgIpc) is 3.11. The lowest BCUT2D eigenvalue weighted by atomic mass is 10.2. The number of aliphatic hydroxyl groups is 1. The normalized spacial score (nSPS) is 12.5. The Balaban J connectivity index is 1.78. The van der Waals surface area contributed by atoms with Crippen LogP contribution in [0.1, 0.15) is 33.4 Å². The Labute approximate surface area is 129 Å². The van der Waals surface area contributed by atoms with Crippen LogP contribution in [-0.4, -0.2) is 31.4 Å². The molecule has 1 aromatic carbocycles. The quantitative estimate of drug-likeness (QED) is 0.575. The molecule has 3 rings (SSSR count). The molecule has 8 heteroatoms. The second kappa shape index (κ2) is 5.74. The fourth-order valence-electron chi connectivity index (χ4n) is 2.07. The number of fused-ring (bicyclic) bond motifs is 1. The molecule has 2 heterocycles. The topological polar surface area (TPSA) is 111 Å². The van der Waals surface area contributed by atoms with Gasteiger partial charge in [-0.1, -0.05) is 0 Å². The van der Waals surface area contributed by atoms with Gasteiger partial charge in [0.1, 0.15) is 11.1 Å². The van der Waals surface area contributed by atoms with Gasteiger partial charge in [0.15, 0.2) is 5.69 Å². The van der Waals surface area contributed by atoms with E-state index in [9.17, 15) is 9.90 Å². The number of hydrogen-bond donors (Lipinski definition) is 4. The number of aromatic nitrogens is 3. The number of aromatic carboxylic acids is 1. The largest absolute Gasteiger partial charge is 0.476 e. The highest BCUT2D eigenvalue weighted by Gasteiger charge is 2.13. The molecule has 0 spiro atoms. The van der Waals surface area contributed by atoms with Crippen LogP contribution in [0, 0.1) is 0 Å². The second-order valence-electron chi connectivity index (χ2n) is 4.83. The summed E-state index contributed by atoms with van der Waals surface area (Å²) in [5.41, 5.74) is 1.48. The molecule has 114 valence electrons. The van der Waals surface area contributed by atoms with Crippen molar-refractivity contribution in [3.05, 3.63) is 40.0 Å². The van der Waals surface area contributed by atoms with E-state index in [2.05, 4.69) is 20.5 Å². The van der Waals surface area contributed by atoms with Gasteiger partial charge in [0, 0.05) is 22.1 Å². The first-order valence-corrected chi connectivity index (χ1v) is 7.44. The summed E-state index contributed by atoms with van der Waals surface area (Å²) in [5.74, 6) is -1.06. The number of anilines is 1. The number of carboxylic acid groups (broad SMARTS) is 1. The summed E-state index contributed by atoms with van der Waals surface area (Å²) in [6.07, 6.45) is 1.15. The predicted molar refractivity (Wildman–Crippen MR) is 83.1 cm³/mol. The summed E-state index contributed by atoms with van der Waals surface area (Å²) in [7, 11) is 0. The molecule has 0 amide bonds. The third kappa shape index (κ3) is 2.78. The highest BCUT2D eigenvalue weighted by atomic mass is 32.1. The molecule has 7 nitrogen and oxygen atoms in total. The first-order valence-electron chi connectivity index (χ1n) is 6.62. The van der Waals surface area contributed by atoms with Crippen LogP contribution in [0.3, 0.4) is 0 Å². The van der Waals surface area contributed by atoms with Crippen molar-refractivity contribution in [2.45, 2.75) is 19.6 Å². The van der Waals surface area contributed by atoms with Crippen LogP contribution in [0.4, 0.5) is 5.69 Å². The molecule has 2 aromatic heterocycles. The van der Waals surface area contributed by atoms with Crippen molar-refractivity contribution in [1.29, 1.82) is 0 Å². The zero-order valence-corrected chi connectivity index (χ0v) is 12.5. The second-order valence-corrected chi connectivity index (χ2v) is 5.98. The Bertz CT molecular complexity index is 824. The van der Waals surface area contributed by atoms with Crippen molar-refractivity contribution in [1.82, 2.24) is 15.2 Å². The lowest BCUT2D eigenvalue weighted by Gasteiger charge is -2.04. The van der Waals surface area contributed by atoms with E-state index in [1.54, 1.807) is 25.3 Å². The number of benzene rings is 1. The van der Waals surface area contributed by atoms with Crippen molar-refractivity contribution < 1.29 is 15.0 Å². The van der Waals surface area contributed by atoms with Crippen molar-refractivity contribution in [2.75, 3.05) is 5.32 Å². The first-order chi connectivity index (χ1) is 10.5. The monoisotopic (exact) mass is 318 g/mol. The van der Waals surface area contributed by atoms with E-state index in [-0.39, 0.29) is 5.69 Å². The standard InChI is InChI=1S/C14H14N4O3S/c1-7(19)13-16-6-9(22-13)5-15-8-2-3-11-10(4-8)12(14(20)21)18-17-11/h2-4,6-7,15,19H,5H2,1H3,(H,17,18)(H,20,21). The minimum absolute atomic E-state index is 0.00725. The van der Waals surface area contributed by atoms with E-state index in [4.69, 9.17) is 5.11 Å². The number of nitrogens with zero attached hydrogens (tertiary/aromatic N) is 2. The molecule has 0 aliphatic rings. The molecule has 0 aliphatic heterocycles. The summed E-state index contributed by atoms with van der Waals surface area (Å²) in [6, 6.07) is 5.38. The number of carboxylic acids is 1. The maximum atomic E-state index is 11.1. The fraction of sp³-hybridized carbons (Fsp3) is 0.214. The van der Waals surface area contributed by atoms with Crippen LogP contribution in [0.15, 0.2) is 24.4 Å². The third-order valence-corrected chi connectivity index (χ3v) is 4.33. The number of carbonyl (C=O) groups is 1. The molecule has 0 bridgehead atoms. The lowest BCUT2D eigenvalue weighted by Crippen LogP contribution is -1.99. The van der Waals surface area contributed by atoms with E-state index in [1.807, 2.05) is 6.07 Å². The highest BCUT2D eigenvalue weighted by Crippen LogP contribution is 2.23. The van der Waals surface area contributed by atoms with E-state index in [0.29, 0.717) is 22.5 Å². The van der Waals surface area contributed by atoms with Gasteiger partial charge in [-0.25, -0.2) is 9.78 Å². The minimum Gasteiger partial charge on any atom is -0.476 e. The maximum Gasteiger partial charge on any atom is 0.357 e. The molecular weight excluding hydrogens is 304 g/mol. The van der Waals surface area contributed by atoms with E-state index < -0.39 is 12.1 Å². The van der Waals surface area contributed by atoms with E-state index in [1.165, 1.54) is 11.3 Å². The van der Waals surface area contributed by atoms with Gasteiger partial charge in [-0.05, 0) is 25.1 Å². The summed E-state index contributed by atoms with van der Waals surface area (Å²) < 4.78 is 0. The molecule has 0 aliphatic carbocycles. The number of nitrogens with one attached hydrogen (secondary N) is 2. The predicted octanol–water partition coefficient (Wildman–Crippen LogP) is 2.38. The fourth-order valence-corrected chi connectivity index (χ4v) is 2.87. The van der Waals surface area contributed by atoms with Crippen molar-refractivity contribution in [3.8, 4) is 0 Å². The van der Waals surface area contributed by atoms with Crippen LogP contribution in [-0.2, 0) is 6.54 Å². The Morgan fingerprint density at radius 3 is 3.00 bits per heavy atom. The highest BCUT2D eigenvalue weighted by molar-refractivity contribution is 7.11. The Kier molecular flexibility index (Phi) is 3.78. The van der Waals surface area contributed by atoms with Crippen LogP contribution in [0.5, 0.6) is 0 Å². The molecule has 1 atom stereocenters. The first kappa shape index (κ1) is 14.5. The van der Waals surface area contributed by atoms with Crippen molar-refractivity contribution >= 4 is 33.9 Å². The summed E-state index contributed by atoms with van der Waals surface area (Å²) >= 11 is 1.44. The molecular formula is C14H14N4O3S. The summed E-state index contributed by atoms with van der Waals surface area (Å²) in [6.45, 7) is 2.23. The number of rotatable bonds is 5. The van der Waals surface area contributed by atoms with Gasteiger partial charge in [-0.2, -0.15) is 5.10 Å². The maximum absolute atomic E-state index is 11.1. The van der Waals surface area contributed by atoms with Gasteiger partial charge in [-0.3, -0.25) is 5.10 Å². The number of H-pyrrole nitrogens is 1. The molecule has 0 fully saturated rings. The zero-order valence-electron chi connectivity index (χ0n) is 11.7. The van der Waals surface area contributed by atoms with Crippen molar-refractivity contribution in [2.24, 2.45) is 0 Å². The number of aliphatic hydroxyl groups excluding tert-OH is 1. The van der Waals surface area contributed by atoms with E-state index >= 15 is 0 Å². The third-order valence-electron chi connectivity index (χ3n) is 3.16. The average molecular weight is 318 g/mol. The smallest absolute Gasteiger partial charge is 0.357 e. The molecule has 0 radical (unpaired) electrons. The van der Waals surface area contributed by atoms with Gasteiger partial charge < -0.3 is 15.5 Å².